The van der Waals surface area contributed by atoms with Crippen LogP contribution in [-0.2, 0) is 4.79 Å². The number of ether oxygens (including phenoxy) is 2. The summed E-state index contributed by atoms with van der Waals surface area (Å²) >= 11 is 1.28. The molecular formula is C16H18N2O5S. The Labute approximate surface area is 143 Å². The van der Waals surface area contributed by atoms with Crippen molar-refractivity contribution in [2.24, 2.45) is 0 Å². The molecule has 128 valence electrons. The van der Waals surface area contributed by atoms with Gasteiger partial charge in [-0.05, 0) is 19.1 Å². The van der Waals surface area contributed by atoms with Gasteiger partial charge in [0.2, 0.25) is 0 Å². The lowest BCUT2D eigenvalue weighted by atomic mass is 10.2. The van der Waals surface area contributed by atoms with E-state index in [0.717, 1.165) is 0 Å². The van der Waals surface area contributed by atoms with E-state index in [1.165, 1.54) is 23.3 Å². The highest BCUT2D eigenvalue weighted by molar-refractivity contribution is 7.13. The number of nitrogens with zero attached hydrogens (tertiary/aromatic N) is 2. The summed E-state index contributed by atoms with van der Waals surface area (Å²) in [6.45, 7) is 1.66. The van der Waals surface area contributed by atoms with Crippen LogP contribution < -0.4 is 9.47 Å². The van der Waals surface area contributed by atoms with Crippen LogP contribution in [0.4, 0.5) is 0 Å². The van der Waals surface area contributed by atoms with Crippen LogP contribution in [0.1, 0.15) is 17.4 Å². The Morgan fingerprint density at radius 3 is 2.62 bits per heavy atom. The number of methoxy groups -OCH3 is 2. The van der Waals surface area contributed by atoms with Crippen LogP contribution in [0.2, 0.25) is 0 Å². The van der Waals surface area contributed by atoms with Crippen molar-refractivity contribution >= 4 is 23.2 Å². The van der Waals surface area contributed by atoms with Crippen molar-refractivity contribution in [3.05, 3.63) is 29.3 Å². The van der Waals surface area contributed by atoms with Gasteiger partial charge in [-0.2, -0.15) is 0 Å². The Hall–Kier alpha value is -2.61. The van der Waals surface area contributed by atoms with Gasteiger partial charge < -0.3 is 19.5 Å². The molecule has 2 rings (SSSR count). The number of benzene rings is 1. The first-order valence-electron chi connectivity index (χ1n) is 7.19. The molecule has 1 amide bonds. The average molecular weight is 350 g/mol. The Balaban J connectivity index is 2.34. The number of hydrogen-bond donors (Lipinski definition) is 1. The fraction of sp³-hybridized carbons (Fsp3) is 0.312. The van der Waals surface area contributed by atoms with Gasteiger partial charge >= 0.3 is 5.97 Å². The van der Waals surface area contributed by atoms with Gasteiger partial charge in [-0.15, -0.1) is 11.3 Å². The normalized spacial score (nSPS) is 10.3. The second-order valence-corrected chi connectivity index (χ2v) is 5.65. The van der Waals surface area contributed by atoms with Crippen LogP contribution in [0, 0.1) is 0 Å². The number of carboxylic acids is 1. The van der Waals surface area contributed by atoms with Crippen molar-refractivity contribution in [3.8, 4) is 22.1 Å². The summed E-state index contributed by atoms with van der Waals surface area (Å²) in [4.78, 5) is 28.8. The smallest absolute Gasteiger partial charge is 0.323 e. The highest BCUT2D eigenvalue weighted by Gasteiger charge is 2.21. The van der Waals surface area contributed by atoms with Gasteiger partial charge in [-0.3, -0.25) is 9.59 Å². The average Bonchev–Trinajstić information content (AvgIpc) is 3.07. The predicted octanol–water partition coefficient (Wildman–Crippen LogP) is 2.37. The molecule has 0 radical (unpaired) electrons. The summed E-state index contributed by atoms with van der Waals surface area (Å²) in [5.74, 6) is -0.371. The summed E-state index contributed by atoms with van der Waals surface area (Å²) in [6.07, 6.45) is 0. The lowest BCUT2D eigenvalue weighted by Gasteiger charge is -2.16. The van der Waals surface area contributed by atoms with Gasteiger partial charge in [0.15, 0.2) is 11.5 Å². The van der Waals surface area contributed by atoms with Crippen molar-refractivity contribution in [1.82, 2.24) is 9.88 Å². The Kier molecular flexibility index (Phi) is 5.75. The van der Waals surface area contributed by atoms with Crippen molar-refractivity contribution < 1.29 is 24.2 Å². The molecule has 0 aliphatic heterocycles. The maximum absolute atomic E-state index is 12.4. The quantitative estimate of drug-likeness (QED) is 0.825. The van der Waals surface area contributed by atoms with Gasteiger partial charge in [0, 0.05) is 11.9 Å². The third kappa shape index (κ3) is 3.65. The number of likely N-dealkylation sites (N-methyl/N-ethyl adjacent to an activating group) is 1. The summed E-state index contributed by atoms with van der Waals surface area (Å²) in [5.41, 5.74) is 0.921. The van der Waals surface area contributed by atoms with E-state index in [-0.39, 0.29) is 12.2 Å². The summed E-state index contributed by atoms with van der Waals surface area (Å²) in [7, 11) is 3.08. The summed E-state index contributed by atoms with van der Waals surface area (Å²) in [5, 5.41) is 11.1. The van der Waals surface area contributed by atoms with Crippen molar-refractivity contribution in [2.75, 3.05) is 27.3 Å². The number of amides is 1. The van der Waals surface area contributed by atoms with E-state index in [2.05, 4.69) is 4.98 Å². The highest BCUT2D eigenvalue weighted by atomic mass is 32.1. The van der Waals surface area contributed by atoms with E-state index in [4.69, 9.17) is 14.6 Å². The molecule has 1 aromatic carbocycles. The number of rotatable bonds is 7. The Morgan fingerprint density at radius 1 is 1.29 bits per heavy atom. The fourth-order valence-electron chi connectivity index (χ4n) is 2.20. The molecule has 0 aliphatic rings. The number of aromatic nitrogens is 1. The largest absolute Gasteiger partial charge is 0.493 e. The van der Waals surface area contributed by atoms with E-state index in [9.17, 15) is 9.59 Å². The molecule has 1 heterocycles. The third-order valence-electron chi connectivity index (χ3n) is 3.35. The molecular weight excluding hydrogens is 332 g/mol. The third-order valence-corrected chi connectivity index (χ3v) is 4.23. The first kappa shape index (κ1) is 17.7. The minimum Gasteiger partial charge on any atom is -0.493 e. The molecule has 7 nitrogen and oxygen atoms in total. The second-order valence-electron chi connectivity index (χ2n) is 4.79. The lowest BCUT2D eigenvalue weighted by Crippen LogP contribution is -2.35. The van der Waals surface area contributed by atoms with Crippen LogP contribution >= 0.6 is 11.3 Å². The van der Waals surface area contributed by atoms with E-state index >= 15 is 0 Å². The molecule has 0 fully saturated rings. The molecule has 0 saturated carbocycles. The first-order chi connectivity index (χ1) is 11.5. The number of carbonyl (C=O) groups excluding carboxylic acids is 1. The van der Waals surface area contributed by atoms with Crippen LogP contribution in [0.25, 0.3) is 10.6 Å². The minimum atomic E-state index is -1.06. The van der Waals surface area contributed by atoms with Gasteiger partial charge in [-0.25, -0.2) is 4.98 Å². The highest BCUT2D eigenvalue weighted by Crippen LogP contribution is 2.39. The SMILES string of the molecule is CCN(CC(=O)O)C(=O)c1csc(-c2cccc(OC)c2OC)n1. The van der Waals surface area contributed by atoms with Crippen LogP contribution in [-0.4, -0.2) is 54.2 Å². The fourth-order valence-corrected chi connectivity index (χ4v) is 3.02. The molecule has 0 bridgehead atoms. The molecule has 24 heavy (non-hydrogen) atoms. The Morgan fingerprint density at radius 2 is 2.04 bits per heavy atom. The minimum absolute atomic E-state index is 0.211. The van der Waals surface area contributed by atoms with E-state index in [1.807, 2.05) is 12.1 Å². The number of carboxylic acid groups (broad SMARTS) is 1. The van der Waals surface area contributed by atoms with Crippen molar-refractivity contribution in [1.29, 1.82) is 0 Å². The number of para-hydroxylation sites is 1. The lowest BCUT2D eigenvalue weighted by molar-refractivity contribution is -0.137. The molecule has 1 aromatic heterocycles. The molecule has 0 saturated heterocycles. The van der Waals surface area contributed by atoms with E-state index in [0.29, 0.717) is 28.6 Å². The number of thiazole rings is 1. The van der Waals surface area contributed by atoms with Crippen LogP contribution in [0.5, 0.6) is 11.5 Å². The van der Waals surface area contributed by atoms with Gasteiger partial charge in [0.25, 0.3) is 5.91 Å². The van der Waals surface area contributed by atoms with Gasteiger partial charge in [0.05, 0.1) is 19.8 Å². The molecule has 2 aromatic rings. The molecule has 8 heteroatoms. The molecule has 0 atom stereocenters. The maximum atomic E-state index is 12.4. The standard InChI is InChI=1S/C16H18N2O5S/c1-4-18(8-13(19)20)16(21)11-9-24-15(17-11)10-6-5-7-12(22-2)14(10)23-3/h5-7,9H,4,8H2,1-3H3,(H,19,20). The van der Waals surface area contributed by atoms with E-state index in [1.54, 1.807) is 25.5 Å². The summed E-state index contributed by atoms with van der Waals surface area (Å²) in [6, 6.07) is 5.40. The van der Waals surface area contributed by atoms with Gasteiger partial charge in [-0.1, -0.05) is 6.07 Å². The van der Waals surface area contributed by atoms with Gasteiger partial charge in [0.1, 0.15) is 17.2 Å². The molecule has 0 unspecified atom stereocenters. The predicted molar refractivity (Wildman–Crippen MR) is 89.9 cm³/mol. The summed E-state index contributed by atoms with van der Waals surface area (Å²) < 4.78 is 10.6. The van der Waals surface area contributed by atoms with E-state index < -0.39 is 11.9 Å². The number of aliphatic carboxylic acids is 1. The topological polar surface area (TPSA) is 89.0 Å². The first-order valence-corrected chi connectivity index (χ1v) is 8.07. The maximum Gasteiger partial charge on any atom is 0.323 e. The van der Waals surface area contributed by atoms with Crippen LogP contribution in [0.15, 0.2) is 23.6 Å². The van der Waals surface area contributed by atoms with Crippen LogP contribution in [0.3, 0.4) is 0 Å². The molecule has 1 N–H and O–H groups in total. The monoisotopic (exact) mass is 350 g/mol. The second kappa shape index (κ2) is 7.78. The Bertz CT molecular complexity index is 744. The zero-order chi connectivity index (χ0) is 17.7. The zero-order valence-corrected chi connectivity index (χ0v) is 14.4. The number of carbonyl (C=O) groups is 2. The zero-order valence-electron chi connectivity index (χ0n) is 13.6. The van der Waals surface area contributed by atoms with Crippen molar-refractivity contribution in [3.63, 3.8) is 0 Å². The number of hydrogen-bond acceptors (Lipinski definition) is 6. The molecule has 0 spiro atoms. The van der Waals surface area contributed by atoms with Crippen molar-refractivity contribution in [2.45, 2.75) is 6.92 Å². The molecule has 0 aliphatic carbocycles.